The third-order valence-electron chi connectivity index (χ3n) is 2.12. The van der Waals surface area contributed by atoms with Crippen LogP contribution in [0, 0.1) is 0 Å². The van der Waals surface area contributed by atoms with Crippen molar-refractivity contribution >= 4 is 5.97 Å². The number of rotatable bonds is 3. The molecule has 1 heterocycles. The first-order valence-electron chi connectivity index (χ1n) is 4.98. The number of pyridine rings is 1. The van der Waals surface area contributed by atoms with Gasteiger partial charge in [-0.15, -0.1) is 0 Å². The summed E-state index contributed by atoms with van der Waals surface area (Å²) in [4.78, 5) is 24.2. The number of carbonyl (C=O) groups excluding carboxylic acids is 1. The van der Waals surface area contributed by atoms with Crippen LogP contribution < -0.4 is 5.43 Å². The summed E-state index contributed by atoms with van der Waals surface area (Å²) in [5.41, 5.74) is -6.26. The predicted octanol–water partition coefficient (Wildman–Crippen LogP) is 2.51. The van der Waals surface area contributed by atoms with E-state index < -0.39 is 40.8 Å². The summed E-state index contributed by atoms with van der Waals surface area (Å²) in [5.74, 6) is -1.26. The van der Waals surface area contributed by atoms with Gasteiger partial charge in [-0.05, 0) is 6.92 Å². The van der Waals surface area contributed by atoms with E-state index in [1.165, 1.54) is 11.9 Å². The summed E-state index contributed by atoms with van der Waals surface area (Å²) in [6.45, 7) is 1.24. The zero-order chi connectivity index (χ0) is 14.8. The molecule has 0 spiro atoms. The normalized spacial score (nSPS) is 11.7. The van der Waals surface area contributed by atoms with Crippen molar-refractivity contribution in [2.24, 2.45) is 0 Å². The van der Waals surface area contributed by atoms with Crippen molar-refractivity contribution in [1.82, 2.24) is 4.98 Å². The highest BCUT2D eigenvalue weighted by molar-refractivity contribution is 5.89. The van der Waals surface area contributed by atoms with Crippen LogP contribution in [0.4, 0.5) is 22.0 Å². The molecular weight excluding hydrogens is 277 g/mol. The van der Waals surface area contributed by atoms with Crippen LogP contribution in [0.3, 0.4) is 0 Å². The van der Waals surface area contributed by atoms with Crippen LogP contribution in [0.2, 0.25) is 0 Å². The summed E-state index contributed by atoms with van der Waals surface area (Å²) in [7, 11) is 0. The molecule has 0 aliphatic rings. The van der Waals surface area contributed by atoms with E-state index in [-0.39, 0.29) is 6.61 Å². The molecule has 1 N–H and O–H groups in total. The van der Waals surface area contributed by atoms with E-state index >= 15 is 0 Å². The van der Waals surface area contributed by atoms with Crippen molar-refractivity contribution in [3.8, 4) is 0 Å². The van der Waals surface area contributed by atoms with Gasteiger partial charge >= 0.3 is 12.1 Å². The SMILES string of the molecule is CCOC(=O)c1c[nH]c(C(F)(F)F)c(C(F)F)c1=O. The first kappa shape index (κ1) is 15.1. The van der Waals surface area contributed by atoms with Gasteiger partial charge in [-0.25, -0.2) is 13.6 Å². The minimum atomic E-state index is -5.15. The Morgan fingerprint density at radius 2 is 2.00 bits per heavy atom. The highest BCUT2D eigenvalue weighted by Gasteiger charge is 2.39. The Labute approximate surface area is 103 Å². The molecule has 0 unspecified atom stereocenters. The summed E-state index contributed by atoms with van der Waals surface area (Å²) in [6.07, 6.45) is -8.41. The number of aromatic nitrogens is 1. The molecule has 1 aromatic rings. The van der Waals surface area contributed by atoms with Crippen molar-refractivity contribution in [2.45, 2.75) is 19.5 Å². The van der Waals surface area contributed by atoms with Gasteiger partial charge in [0.05, 0.1) is 12.2 Å². The van der Waals surface area contributed by atoms with E-state index in [1.54, 1.807) is 0 Å². The lowest BCUT2D eigenvalue weighted by Gasteiger charge is -2.12. The van der Waals surface area contributed by atoms with Crippen LogP contribution >= 0.6 is 0 Å². The topological polar surface area (TPSA) is 59.2 Å². The van der Waals surface area contributed by atoms with Gasteiger partial charge in [0.25, 0.3) is 6.43 Å². The molecule has 19 heavy (non-hydrogen) atoms. The van der Waals surface area contributed by atoms with Crippen molar-refractivity contribution in [3.05, 3.63) is 33.2 Å². The molecular formula is C10H8F5NO3. The maximum Gasteiger partial charge on any atom is 0.431 e. The Kier molecular flexibility index (Phi) is 4.28. The van der Waals surface area contributed by atoms with Crippen LogP contribution in [0.15, 0.2) is 11.0 Å². The van der Waals surface area contributed by atoms with Gasteiger partial charge in [-0.1, -0.05) is 0 Å². The third kappa shape index (κ3) is 3.09. The number of halogens is 5. The average molecular weight is 285 g/mol. The largest absolute Gasteiger partial charge is 0.462 e. The molecule has 0 atom stereocenters. The number of alkyl halides is 5. The molecule has 0 radical (unpaired) electrons. The molecule has 4 nitrogen and oxygen atoms in total. The van der Waals surface area contributed by atoms with Crippen molar-refractivity contribution < 1.29 is 31.5 Å². The van der Waals surface area contributed by atoms with E-state index in [1.807, 2.05) is 0 Å². The maximum atomic E-state index is 12.6. The molecule has 0 aliphatic heterocycles. The molecule has 0 aliphatic carbocycles. The van der Waals surface area contributed by atoms with Gasteiger partial charge in [0.1, 0.15) is 11.3 Å². The standard InChI is InChI=1S/C10H8F5NO3/c1-2-19-9(18)4-3-16-7(10(13,14)15)5(6(4)17)8(11)12/h3,8H,2H2,1H3,(H,16,17). The second-order valence-corrected chi connectivity index (χ2v) is 3.34. The van der Waals surface area contributed by atoms with E-state index in [9.17, 15) is 31.5 Å². The molecule has 0 bridgehead atoms. The van der Waals surface area contributed by atoms with Crippen LogP contribution in [0.5, 0.6) is 0 Å². The number of esters is 1. The molecule has 1 aromatic heterocycles. The van der Waals surface area contributed by atoms with Crippen molar-refractivity contribution in [2.75, 3.05) is 6.61 Å². The lowest BCUT2D eigenvalue weighted by molar-refractivity contribution is -0.143. The van der Waals surface area contributed by atoms with Crippen LogP contribution in [0.25, 0.3) is 0 Å². The first-order chi connectivity index (χ1) is 8.70. The maximum absolute atomic E-state index is 12.6. The molecule has 0 saturated carbocycles. The fraction of sp³-hybridized carbons (Fsp3) is 0.400. The molecule has 0 aromatic carbocycles. The zero-order valence-electron chi connectivity index (χ0n) is 9.48. The van der Waals surface area contributed by atoms with Crippen molar-refractivity contribution in [3.63, 3.8) is 0 Å². The Morgan fingerprint density at radius 3 is 2.42 bits per heavy atom. The van der Waals surface area contributed by atoms with Gasteiger partial charge in [0, 0.05) is 6.20 Å². The Hall–Kier alpha value is -1.93. The second-order valence-electron chi connectivity index (χ2n) is 3.34. The molecule has 0 fully saturated rings. The molecule has 1 rings (SSSR count). The monoisotopic (exact) mass is 285 g/mol. The Morgan fingerprint density at radius 1 is 1.42 bits per heavy atom. The molecule has 9 heteroatoms. The fourth-order valence-corrected chi connectivity index (χ4v) is 1.35. The number of nitrogens with one attached hydrogen (secondary N) is 1. The van der Waals surface area contributed by atoms with E-state index in [4.69, 9.17) is 0 Å². The highest BCUT2D eigenvalue weighted by Crippen LogP contribution is 2.33. The molecule has 106 valence electrons. The number of H-pyrrole nitrogens is 1. The van der Waals surface area contributed by atoms with E-state index in [0.29, 0.717) is 6.20 Å². The first-order valence-corrected chi connectivity index (χ1v) is 4.98. The minimum Gasteiger partial charge on any atom is -0.462 e. The summed E-state index contributed by atoms with van der Waals surface area (Å²) >= 11 is 0. The van der Waals surface area contributed by atoms with Crippen LogP contribution in [0.1, 0.15) is 35.0 Å². The Bertz CT molecular complexity index is 535. The Balaban J connectivity index is 3.49. The number of ether oxygens (including phenoxy) is 1. The molecule has 0 amide bonds. The van der Waals surface area contributed by atoms with E-state index in [0.717, 1.165) is 0 Å². The quantitative estimate of drug-likeness (QED) is 0.685. The highest BCUT2D eigenvalue weighted by atomic mass is 19.4. The van der Waals surface area contributed by atoms with E-state index in [2.05, 4.69) is 4.74 Å². The zero-order valence-corrected chi connectivity index (χ0v) is 9.48. The smallest absolute Gasteiger partial charge is 0.431 e. The fourth-order valence-electron chi connectivity index (χ4n) is 1.35. The van der Waals surface area contributed by atoms with Gasteiger partial charge in [-0.2, -0.15) is 13.2 Å². The lowest BCUT2D eigenvalue weighted by Crippen LogP contribution is -2.26. The van der Waals surface area contributed by atoms with Gasteiger partial charge < -0.3 is 9.72 Å². The van der Waals surface area contributed by atoms with Crippen LogP contribution in [-0.2, 0) is 10.9 Å². The summed E-state index contributed by atoms with van der Waals surface area (Å²) < 4.78 is 66.9. The second kappa shape index (κ2) is 5.37. The van der Waals surface area contributed by atoms with Crippen molar-refractivity contribution in [1.29, 1.82) is 0 Å². The predicted molar refractivity (Wildman–Crippen MR) is 53.0 cm³/mol. The number of hydrogen-bond donors (Lipinski definition) is 1. The summed E-state index contributed by atoms with van der Waals surface area (Å²) in [6, 6.07) is 0. The third-order valence-corrected chi connectivity index (χ3v) is 2.12. The number of hydrogen-bond acceptors (Lipinski definition) is 3. The van der Waals surface area contributed by atoms with Crippen LogP contribution in [-0.4, -0.2) is 17.6 Å². The number of carbonyl (C=O) groups is 1. The van der Waals surface area contributed by atoms with Gasteiger partial charge in [0.15, 0.2) is 0 Å². The van der Waals surface area contributed by atoms with Gasteiger partial charge in [-0.3, -0.25) is 4.79 Å². The number of aromatic amines is 1. The minimum absolute atomic E-state index is 0.149. The van der Waals surface area contributed by atoms with Gasteiger partial charge in [0.2, 0.25) is 5.43 Å². The average Bonchev–Trinajstić information content (AvgIpc) is 2.26. The summed E-state index contributed by atoms with van der Waals surface area (Å²) in [5, 5.41) is 0. The molecule has 0 saturated heterocycles. The lowest BCUT2D eigenvalue weighted by atomic mass is 10.1.